The number of hydrogen-bond donors (Lipinski definition) is 0. The van der Waals surface area contributed by atoms with Gasteiger partial charge in [-0.2, -0.15) is 0 Å². The van der Waals surface area contributed by atoms with Gasteiger partial charge in [0.15, 0.2) is 5.78 Å². The molecule has 0 N–H and O–H groups in total. The zero-order chi connectivity index (χ0) is 14.2. The lowest BCUT2D eigenvalue weighted by Crippen LogP contribution is -1.93. The highest BCUT2D eigenvalue weighted by Crippen LogP contribution is 2.11. The summed E-state index contributed by atoms with van der Waals surface area (Å²) in [5.41, 5.74) is 1.54. The molecule has 2 heteroatoms. The summed E-state index contributed by atoms with van der Waals surface area (Å²) < 4.78 is 5.04. The highest BCUT2D eigenvalue weighted by atomic mass is 16.5. The van der Waals surface area contributed by atoms with Crippen LogP contribution in [0.15, 0.2) is 66.7 Å². The monoisotopic (exact) mass is 262 g/mol. The van der Waals surface area contributed by atoms with Crippen molar-refractivity contribution in [1.29, 1.82) is 0 Å². The molecule has 0 fully saturated rings. The van der Waals surface area contributed by atoms with Gasteiger partial charge in [-0.25, -0.2) is 0 Å². The largest absolute Gasteiger partial charge is 0.497 e. The number of allylic oxidation sites excluding steroid dienone is 2. The summed E-state index contributed by atoms with van der Waals surface area (Å²) in [4.78, 5) is 11.9. The fourth-order valence-corrected chi connectivity index (χ4v) is 1.62. The number of benzene rings is 2. The Hall–Kier alpha value is -2.79. The van der Waals surface area contributed by atoms with E-state index in [1.807, 2.05) is 30.3 Å². The van der Waals surface area contributed by atoms with Gasteiger partial charge in [-0.3, -0.25) is 4.79 Å². The molecular formula is C18H14O2. The van der Waals surface area contributed by atoms with Crippen molar-refractivity contribution in [1.82, 2.24) is 0 Å². The summed E-state index contributed by atoms with van der Waals surface area (Å²) in [6.07, 6.45) is 3.04. The minimum Gasteiger partial charge on any atom is -0.497 e. The smallest absolute Gasteiger partial charge is 0.186 e. The van der Waals surface area contributed by atoms with Gasteiger partial charge in [-0.05, 0) is 48.6 Å². The van der Waals surface area contributed by atoms with E-state index in [0.717, 1.165) is 11.3 Å². The summed E-state index contributed by atoms with van der Waals surface area (Å²) in [5.74, 6) is 6.47. The zero-order valence-corrected chi connectivity index (χ0v) is 11.2. The molecule has 0 bridgehead atoms. The van der Waals surface area contributed by atoms with Gasteiger partial charge in [0.25, 0.3) is 0 Å². The van der Waals surface area contributed by atoms with Crippen LogP contribution in [0.5, 0.6) is 5.75 Å². The molecule has 2 aromatic carbocycles. The van der Waals surface area contributed by atoms with E-state index in [1.165, 1.54) is 6.08 Å². The van der Waals surface area contributed by atoms with E-state index in [4.69, 9.17) is 4.74 Å². The predicted octanol–water partition coefficient (Wildman–Crippen LogP) is 3.49. The number of carbonyl (C=O) groups is 1. The summed E-state index contributed by atoms with van der Waals surface area (Å²) in [6.45, 7) is 0. The first-order valence-electron chi connectivity index (χ1n) is 6.21. The zero-order valence-electron chi connectivity index (χ0n) is 11.2. The Bertz CT molecular complexity index is 656. The number of ketones is 1. The molecule has 20 heavy (non-hydrogen) atoms. The molecule has 0 spiro atoms. The number of ether oxygens (including phenoxy) is 1. The minimum atomic E-state index is -0.0741. The Morgan fingerprint density at radius 3 is 2.40 bits per heavy atom. The average molecular weight is 262 g/mol. The molecule has 0 heterocycles. The molecule has 0 saturated carbocycles. The maximum absolute atomic E-state index is 11.9. The second kappa shape index (κ2) is 6.96. The van der Waals surface area contributed by atoms with Crippen molar-refractivity contribution in [3.8, 4) is 17.6 Å². The van der Waals surface area contributed by atoms with Crippen LogP contribution in [0.25, 0.3) is 0 Å². The van der Waals surface area contributed by atoms with Crippen molar-refractivity contribution >= 4 is 5.78 Å². The summed E-state index contributed by atoms with van der Waals surface area (Å²) in [7, 11) is 1.59. The Balaban J connectivity index is 2.00. The van der Waals surface area contributed by atoms with Gasteiger partial charge in [0.2, 0.25) is 0 Å². The third-order valence-electron chi connectivity index (χ3n) is 2.68. The molecule has 0 aliphatic carbocycles. The van der Waals surface area contributed by atoms with Crippen molar-refractivity contribution in [2.24, 2.45) is 0 Å². The second-order valence-corrected chi connectivity index (χ2v) is 4.06. The average Bonchev–Trinajstić information content (AvgIpc) is 2.52. The van der Waals surface area contributed by atoms with E-state index in [1.54, 1.807) is 37.5 Å². The van der Waals surface area contributed by atoms with Gasteiger partial charge in [0.1, 0.15) is 5.75 Å². The van der Waals surface area contributed by atoms with Crippen molar-refractivity contribution in [2.45, 2.75) is 0 Å². The van der Waals surface area contributed by atoms with Gasteiger partial charge in [0, 0.05) is 11.1 Å². The van der Waals surface area contributed by atoms with E-state index in [0.29, 0.717) is 5.56 Å². The highest BCUT2D eigenvalue weighted by Gasteiger charge is 2.00. The fourth-order valence-electron chi connectivity index (χ4n) is 1.62. The molecule has 0 aliphatic heterocycles. The van der Waals surface area contributed by atoms with Crippen LogP contribution in [0, 0.1) is 11.8 Å². The van der Waals surface area contributed by atoms with E-state index in [2.05, 4.69) is 11.8 Å². The van der Waals surface area contributed by atoms with E-state index in [-0.39, 0.29) is 5.78 Å². The molecule has 2 rings (SSSR count). The lowest BCUT2D eigenvalue weighted by atomic mass is 10.1. The Labute approximate surface area is 118 Å². The van der Waals surface area contributed by atoms with Crippen LogP contribution in [0.3, 0.4) is 0 Å². The molecule has 0 saturated heterocycles. The Kier molecular flexibility index (Phi) is 4.75. The van der Waals surface area contributed by atoms with Crippen LogP contribution in [0.1, 0.15) is 15.9 Å². The predicted molar refractivity (Wildman–Crippen MR) is 79.8 cm³/mol. The third-order valence-corrected chi connectivity index (χ3v) is 2.68. The first-order chi connectivity index (χ1) is 9.79. The van der Waals surface area contributed by atoms with Gasteiger partial charge in [-0.15, -0.1) is 0 Å². The van der Waals surface area contributed by atoms with Crippen LogP contribution >= 0.6 is 0 Å². The van der Waals surface area contributed by atoms with E-state index < -0.39 is 0 Å². The van der Waals surface area contributed by atoms with Crippen molar-refractivity contribution in [3.05, 3.63) is 77.9 Å². The summed E-state index contributed by atoms with van der Waals surface area (Å²) in [5, 5.41) is 0. The number of hydrogen-bond acceptors (Lipinski definition) is 2. The molecule has 2 nitrogen and oxygen atoms in total. The summed E-state index contributed by atoms with van der Waals surface area (Å²) >= 11 is 0. The SMILES string of the molecule is COc1ccc(C(=O)/C=C/C#Cc2ccccc2)cc1. The molecular weight excluding hydrogens is 248 g/mol. The lowest BCUT2D eigenvalue weighted by molar-refractivity contribution is 0.104. The molecule has 2 aromatic rings. The molecule has 0 atom stereocenters. The van der Waals surface area contributed by atoms with E-state index >= 15 is 0 Å². The minimum absolute atomic E-state index is 0.0741. The fraction of sp³-hybridized carbons (Fsp3) is 0.0556. The van der Waals surface area contributed by atoms with Crippen LogP contribution < -0.4 is 4.74 Å². The molecule has 0 unspecified atom stereocenters. The number of methoxy groups -OCH3 is 1. The molecule has 0 aliphatic rings. The van der Waals surface area contributed by atoms with Gasteiger partial charge in [0.05, 0.1) is 7.11 Å². The highest BCUT2D eigenvalue weighted by molar-refractivity contribution is 6.04. The summed E-state index contributed by atoms with van der Waals surface area (Å²) in [6, 6.07) is 16.6. The van der Waals surface area contributed by atoms with Gasteiger partial charge >= 0.3 is 0 Å². The molecule has 0 amide bonds. The van der Waals surface area contributed by atoms with Crippen LogP contribution in [0.2, 0.25) is 0 Å². The maximum Gasteiger partial charge on any atom is 0.186 e. The lowest BCUT2D eigenvalue weighted by Gasteiger charge is -1.99. The molecule has 0 aromatic heterocycles. The van der Waals surface area contributed by atoms with Crippen LogP contribution in [-0.2, 0) is 0 Å². The van der Waals surface area contributed by atoms with Gasteiger partial charge in [-0.1, -0.05) is 30.0 Å². The van der Waals surface area contributed by atoms with E-state index in [9.17, 15) is 4.79 Å². The van der Waals surface area contributed by atoms with Gasteiger partial charge < -0.3 is 4.74 Å². The van der Waals surface area contributed by atoms with Crippen molar-refractivity contribution in [3.63, 3.8) is 0 Å². The topological polar surface area (TPSA) is 26.3 Å². The Morgan fingerprint density at radius 2 is 1.75 bits per heavy atom. The Morgan fingerprint density at radius 1 is 1.05 bits per heavy atom. The normalized spacial score (nSPS) is 9.85. The maximum atomic E-state index is 11.9. The van der Waals surface area contributed by atoms with Crippen LogP contribution in [-0.4, -0.2) is 12.9 Å². The first kappa shape index (κ1) is 13.6. The standard InChI is InChI=1S/C18H14O2/c1-20-17-13-11-16(12-14-17)18(19)10-6-5-9-15-7-3-2-4-8-15/h2-4,6-8,10-14H,1H3/b10-6+. The number of carbonyl (C=O) groups excluding carboxylic acids is 1. The van der Waals surface area contributed by atoms with Crippen molar-refractivity contribution < 1.29 is 9.53 Å². The quantitative estimate of drug-likeness (QED) is 0.481. The second-order valence-electron chi connectivity index (χ2n) is 4.06. The molecule has 98 valence electrons. The first-order valence-corrected chi connectivity index (χ1v) is 6.21. The van der Waals surface area contributed by atoms with Crippen molar-refractivity contribution in [2.75, 3.05) is 7.11 Å². The number of rotatable bonds is 3. The third kappa shape index (κ3) is 3.86. The molecule has 0 radical (unpaired) electrons. The van der Waals surface area contributed by atoms with Crippen LogP contribution in [0.4, 0.5) is 0 Å².